The highest BCUT2D eigenvalue weighted by atomic mass is 35.5. The fraction of sp³-hybridized carbons (Fsp3) is 0.174. The Morgan fingerprint density at radius 3 is 2.27 bits per heavy atom. The Bertz CT molecular complexity index is 1260. The largest absolute Gasteiger partial charge is 0.402 e. The van der Waals surface area contributed by atoms with Gasteiger partial charge in [-0.1, -0.05) is 54.1 Å². The maximum atomic E-state index is 13.4. The van der Waals surface area contributed by atoms with Crippen molar-refractivity contribution in [1.29, 1.82) is 0 Å². The summed E-state index contributed by atoms with van der Waals surface area (Å²) in [5, 5.41) is -0.130. The lowest BCUT2D eigenvalue weighted by Crippen LogP contribution is -2.33. The predicted molar refractivity (Wildman–Crippen MR) is 117 cm³/mol. The summed E-state index contributed by atoms with van der Waals surface area (Å²) >= 11 is 5.76. The minimum Gasteiger partial charge on any atom is -0.299 e. The smallest absolute Gasteiger partial charge is 0.299 e. The van der Waals surface area contributed by atoms with Crippen molar-refractivity contribution in [3.8, 4) is 11.1 Å². The van der Waals surface area contributed by atoms with Crippen LogP contribution in [0.4, 0.5) is 17.6 Å². The van der Waals surface area contributed by atoms with Gasteiger partial charge in [0.1, 0.15) is 18.1 Å². The number of hydrogen-bond donors (Lipinski definition) is 1. The lowest BCUT2D eigenvalue weighted by molar-refractivity contribution is -0.121. The van der Waals surface area contributed by atoms with Crippen molar-refractivity contribution in [3.05, 3.63) is 88.7 Å². The molecule has 0 aliphatic carbocycles. The molecule has 0 saturated carbocycles. The van der Waals surface area contributed by atoms with Crippen LogP contribution in [0, 0.1) is 5.82 Å². The average Bonchev–Trinajstić information content (AvgIpc) is 2.75. The summed E-state index contributed by atoms with van der Waals surface area (Å²) < 4.78 is 77.1. The number of nitrogens with one attached hydrogen (secondary N) is 1. The number of hydrogen-bond acceptors (Lipinski definition) is 3. The molecule has 0 heterocycles. The number of ketones is 1. The van der Waals surface area contributed by atoms with Gasteiger partial charge in [0.05, 0.1) is 9.92 Å². The molecule has 4 nitrogen and oxygen atoms in total. The normalized spacial score (nSPS) is 12.0. The second-order valence-corrected chi connectivity index (χ2v) is 9.44. The van der Waals surface area contributed by atoms with Crippen molar-refractivity contribution in [2.24, 2.45) is 0 Å². The van der Waals surface area contributed by atoms with Crippen LogP contribution in [-0.4, -0.2) is 26.9 Å². The molecule has 0 unspecified atom stereocenters. The van der Waals surface area contributed by atoms with Crippen LogP contribution in [0.3, 0.4) is 0 Å². The molecule has 0 aliphatic heterocycles. The van der Waals surface area contributed by atoms with Crippen molar-refractivity contribution < 1.29 is 30.8 Å². The standard InChI is InChI=1S/C23H18ClF4NO3S/c24-21-11-15(6-9-22(21)25)10-18(30)12-17-13-19(33(31,32)29-14-23(26,27)28)7-8-20(17)16-4-2-1-3-5-16/h1-9,11,13,29H,10,12,14H2. The molecule has 0 aromatic heterocycles. The summed E-state index contributed by atoms with van der Waals surface area (Å²) in [4.78, 5) is 12.3. The number of alkyl halides is 3. The molecule has 0 bridgehead atoms. The predicted octanol–water partition coefficient (Wildman–Crippen LogP) is 5.34. The van der Waals surface area contributed by atoms with E-state index in [2.05, 4.69) is 0 Å². The molecule has 0 radical (unpaired) electrons. The molecule has 0 fully saturated rings. The van der Waals surface area contributed by atoms with Gasteiger partial charge < -0.3 is 0 Å². The maximum Gasteiger partial charge on any atom is 0.402 e. The van der Waals surface area contributed by atoms with E-state index in [1.54, 1.807) is 30.3 Å². The van der Waals surface area contributed by atoms with Crippen molar-refractivity contribution in [3.63, 3.8) is 0 Å². The summed E-state index contributed by atoms with van der Waals surface area (Å²) in [5.41, 5.74) is 2.07. The highest BCUT2D eigenvalue weighted by Crippen LogP contribution is 2.28. The molecule has 1 N–H and O–H groups in total. The van der Waals surface area contributed by atoms with E-state index in [0.717, 1.165) is 6.07 Å². The Morgan fingerprint density at radius 2 is 1.64 bits per heavy atom. The second-order valence-electron chi connectivity index (χ2n) is 7.27. The topological polar surface area (TPSA) is 63.2 Å². The number of benzene rings is 3. The number of sulfonamides is 1. The molecule has 10 heteroatoms. The van der Waals surface area contributed by atoms with E-state index >= 15 is 0 Å². The summed E-state index contributed by atoms with van der Waals surface area (Å²) in [6.07, 6.45) is -4.99. The van der Waals surface area contributed by atoms with Crippen LogP contribution in [0.2, 0.25) is 5.02 Å². The van der Waals surface area contributed by atoms with Crippen LogP contribution in [0.5, 0.6) is 0 Å². The van der Waals surface area contributed by atoms with Crippen molar-refractivity contribution in [2.75, 3.05) is 6.54 Å². The van der Waals surface area contributed by atoms with Crippen LogP contribution in [0.15, 0.2) is 71.6 Å². The van der Waals surface area contributed by atoms with Crippen LogP contribution in [0.25, 0.3) is 11.1 Å². The van der Waals surface area contributed by atoms with Crippen molar-refractivity contribution in [2.45, 2.75) is 23.9 Å². The Kier molecular flexibility index (Phi) is 7.56. The van der Waals surface area contributed by atoms with Crippen LogP contribution < -0.4 is 4.72 Å². The highest BCUT2D eigenvalue weighted by Gasteiger charge is 2.30. The van der Waals surface area contributed by atoms with Crippen molar-refractivity contribution in [1.82, 2.24) is 4.72 Å². The molecular weight excluding hydrogens is 482 g/mol. The molecule has 0 amide bonds. The minimum atomic E-state index is -4.72. The first kappa shape index (κ1) is 24.9. The Morgan fingerprint density at radius 1 is 0.939 bits per heavy atom. The Balaban J connectivity index is 1.93. The van der Waals surface area contributed by atoms with Gasteiger partial charge in [-0.05, 0) is 46.5 Å². The third-order valence-corrected chi connectivity index (χ3v) is 6.40. The first-order chi connectivity index (χ1) is 15.4. The van der Waals surface area contributed by atoms with E-state index in [-0.39, 0.29) is 28.5 Å². The van der Waals surface area contributed by atoms with Crippen LogP contribution >= 0.6 is 11.6 Å². The highest BCUT2D eigenvalue weighted by molar-refractivity contribution is 7.89. The number of carbonyl (C=O) groups is 1. The number of carbonyl (C=O) groups excluding carboxylic acids is 1. The average molecular weight is 500 g/mol. The van der Waals surface area contributed by atoms with Gasteiger partial charge in [0.15, 0.2) is 0 Å². The number of Topliss-reactive ketones (excluding diaryl/α,β-unsaturated/α-hetero) is 1. The van der Waals surface area contributed by atoms with Gasteiger partial charge in [0, 0.05) is 12.8 Å². The van der Waals surface area contributed by atoms with Crippen LogP contribution in [-0.2, 0) is 27.7 Å². The minimum absolute atomic E-state index is 0.0858. The molecular formula is C23H18ClF4NO3S. The fourth-order valence-electron chi connectivity index (χ4n) is 3.20. The molecule has 33 heavy (non-hydrogen) atoms. The lowest BCUT2D eigenvalue weighted by atomic mass is 9.94. The fourth-order valence-corrected chi connectivity index (χ4v) is 4.46. The van der Waals surface area contributed by atoms with E-state index in [1.165, 1.54) is 35.1 Å². The number of halogens is 5. The molecule has 3 aromatic carbocycles. The van der Waals surface area contributed by atoms with Gasteiger partial charge in [-0.15, -0.1) is 0 Å². The van der Waals surface area contributed by atoms with Crippen molar-refractivity contribution >= 4 is 27.4 Å². The Hall–Kier alpha value is -2.75. The summed E-state index contributed by atoms with van der Waals surface area (Å²) in [6, 6.07) is 16.5. The summed E-state index contributed by atoms with van der Waals surface area (Å²) in [6.45, 7) is -1.71. The van der Waals surface area contributed by atoms with E-state index in [4.69, 9.17) is 11.6 Å². The second kappa shape index (κ2) is 10.0. The third kappa shape index (κ3) is 6.86. The summed E-state index contributed by atoms with van der Waals surface area (Å²) in [5.74, 6) is -0.934. The zero-order chi connectivity index (χ0) is 24.2. The lowest BCUT2D eigenvalue weighted by Gasteiger charge is -2.14. The van der Waals surface area contributed by atoms with Gasteiger partial charge in [0.2, 0.25) is 10.0 Å². The Labute approximate surface area is 193 Å². The quantitative estimate of drug-likeness (QED) is 0.425. The van der Waals surface area contributed by atoms with E-state index in [0.29, 0.717) is 22.3 Å². The molecule has 174 valence electrons. The molecule has 0 atom stereocenters. The summed E-state index contributed by atoms with van der Waals surface area (Å²) in [7, 11) is -4.46. The van der Waals surface area contributed by atoms with Gasteiger partial charge >= 0.3 is 6.18 Å². The van der Waals surface area contributed by atoms with Gasteiger partial charge in [-0.25, -0.2) is 17.5 Å². The van der Waals surface area contributed by atoms with E-state index < -0.39 is 28.6 Å². The molecule has 3 aromatic rings. The van der Waals surface area contributed by atoms with Gasteiger partial charge in [0.25, 0.3) is 0 Å². The molecule has 0 aliphatic rings. The van der Waals surface area contributed by atoms with Gasteiger partial charge in [-0.2, -0.15) is 13.2 Å². The zero-order valence-corrected chi connectivity index (χ0v) is 18.6. The third-order valence-electron chi connectivity index (χ3n) is 4.71. The molecule has 3 rings (SSSR count). The molecule has 0 spiro atoms. The molecule has 0 saturated heterocycles. The van der Waals surface area contributed by atoms with Crippen LogP contribution in [0.1, 0.15) is 11.1 Å². The number of rotatable bonds is 8. The zero-order valence-electron chi connectivity index (χ0n) is 17.0. The van der Waals surface area contributed by atoms with Gasteiger partial charge in [-0.3, -0.25) is 4.79 Å². The first-order valence-electron chi connectivity index (χ1n) is 9.65. The first-order valence-corrected chi connectivity index (χ1v) is 11.5. The SMILES string of the molecule is O=C(Cc1ccc(F)c(Cl)c1)Cc1cc(S(=O)(=O)NCC(F)(F)F)ccc1-c1ccccc1. The maximum absolute atomic E-state index is 13.4. The van der Waals surface area contributed by atoms with E-state index in [9.17, 15) is 30.8 Å². The monoisotopic (exact) mass is 499 g/mol. The van der Waals surface area contributed by atoms with E-state index in [1.807, 2.05) is 0 Å².